The number of para-hydroxylation sites is 2. The van der Waals surface area contributed by atoms with Crippen LogP contribution in [0.3, 0.4) is 0 Å². The molecule has 1 unspecified atom stereocenters. The fourth-order valence-corrected chi connectivity index (χ4v) is 1.90. The summed E-state index contributed by atoms with van der Waals surface area (Å²) < 4.78 is 16.4. The standard InChI is InChI=1S/C17H25N3O4.CH4.ClH/c1-12-19-16(24-20-12)11-23-15-8-6-5-7-14(15)22-10-13(21)9-18-17(2,3)4;;/h5-8,13,18,21H,9-11H2,1-4H3;1H4;1H. The van der Waals surface area contributed by atoms with E-state index in [0.29, 0.717) is 29.8 Å². The zero-order chi connectivity index (χ0) is 17.6. The van der Waals surface area contributed by atoms with E-state index < -0.39 is 6.10 Å². The van der Waals surface area contributed by atoms with Crippen LogP contribution in [0.15, 0.2) is 28.8 Å². The molecule has 7 nitrogen and oxygen atoms in total. The lowest BCUT2D eigenvalue weighted by Crippen LogP contribution is -2.42. The van der Waals surface area contributed by atoms with Gasteiger partial charge in [0.05, 0.1) is 0 Å². The monoisotopic (exact) mass is 387 g/mol. The molecule has 0 amide bonds. The zero-order valence-electron chi connectivity index (χ0n) is 15.0. The second-order valence-electron chi connectivity index (χ2n) is 6.57. The minimum absolute atomic E-state index is 0. The minimum Gasteiger partial charge on any atom is -0.487 e. The summed E-state index contributed by atoms with van der Waals surface area (Å²) in [5.41, 5.74) is -0.0514. The number of rotatable bonds is 8. The highest BCUT2D eigenvalue weighted by molar-refractivity contribution is 5.85. The maximum absolute atomic E-state index is 10.0. The molecule has 0 bridgehead atoms. The normalized spacial score (nSPS) is 11.9. The Morgan fingerprint density at radius 1 is 1.19 bits per heavy atom. The van der Waals surface area contributed by atoms with Crippen LogP contribution in [0.5, 0.6) is 11.5 Å². The molecular weight excluding hydrogens is 358 g/mol. The highest BCUT2D eigenvalue weighted by Crippen LogP contribution is 2.27. The molecule has 0 saturated heterocycles. The van der Waals surface area contributed by atoms with Crippen LogP contribution in [-0.4, -0.2) is 40.0 Å². The van der Waals surface area contributed by atoms with E-state index in [-0.39, 0.29) is 38.6 Å². The maximum atomic E-state index is 10.0. The summed E-state index contributed by atoms with van der Waals surface area (Å²) in [6.45, 7) is 8.66. The van der Waals surface area contributed by atoms with Crippen molar-refractivity contribution in [2.75, 3.05) is 13.2 Å². The van der Waals surface area contributed by atoms with Crippen molar-refractivity contribution < 1.29 is 19.1 Å². The van der Waals surface area contributed by atoms with Gasteiger partial charge in [-0.2, -0.15) is 4.98 Å². The average Bonchev–Trinajstić information content (AvgIpc) is 2.94. The summed E-state index contributed by atoms with van der Waals surface area (Å²) in [7, 11) is 0. The van der Waals surface area contributed by atoms with Crippen molar-refractivity contribution in [3.63, 3.8) is 0 Å². The first-order chi connectivity index (χ1) is 11.3. The molecule has 1 heterocycles. The van der Waals surface area contributed by atoms with Crippen molar-refractivity contribution in [2.24, 2.45) is 0 Å². The molecule has 2 aromatic rings. The predicted octanol–water partition coefficient (Wildman–Crippen LogP) is 3.14. The fraction of sp³-hybridized carbons (Fsp3) is 0.556. The Morgan fingerprint density at radius 3 is 2.35 bits per heavy atom. The van der Waals surface area contributed by atoms with Crippen LogP contribution in [-0.2, 0) is 6.61 Å². The Kier molecular flexibility index (Phi) is 10.2. The van der Waals surface area contributed by atoms with Gasteiger partial charge >= 0.3 is 0 Å². The molecule has 148 valence electrons. The van der Waals surface area contributed by atoms with Gasteiger partial charge in [0, 0.05) is 12.1 Å². The van der Waals surface area contributed by atoms with Crippen molar-refractivity contribution in [3.05, 3.63) is 36.0 Å². The van der Waals surface area contributed by atoms with Gasteiger partial charge in [0.1, 0.15) is 12.7 Å². The number of hydrogen-bond donors (Lipinski definition) is 2. The van der Waals surface area contributed by atoms with Gasteiger partial charge in [-0.25, -0.2) is 0 Å². The summed E-state index contributed by atoms with van der Waals surface area (Å²) >= 11 is 0. The number of aromatic nitrogens is 2. The van der Waals surface area contributed by atoms with Crippen LogP contribution >= 0.6 is 12.4 Å². The smallest absolute Gasteiger partial charge is 0.264 e. The molecule has 0 spiro atoms. The Hall–Kier alpha value is -1.83. The predicted molar refractivity (Wildman–Crippen MR) is 103 cm³/mol. The van der Waals surface area contributed by atoms with Crippen LogP contribution < -0.4 is 14.8 Å². The van der Waals surface area contributed by atoms with Crippen molar-refractivity contribution in [3.8, 4) is 11.5 Å². The molecule has 26 heavy (non-hydrogen) atoms. The Balaban J connectivity index is 0.00000312. The first-order valence-electron chi connectivity index (χ1n) is 7.90. The number of ether oxygens (including phenoxy) is 2. The molecule has 0 aliphatic carbocycles. The molecule has 1 aromatic carbocycles. The second kappa shape index (κ2) is 11.0. The quantitative estimate of drug-likeness (QED) is 0.719. The molecule has 0 aliphatic rings. The molecule has 8 heteroatoms. The van der Waals surface area contributed by atoms with Crippen LogP contribution in [0.1, 0.15) is 39.9 Å². The van der Waals surface area contributed by atoms with E-state index in [4.69, 9.17) is 14.0 Å². The summed E-state index contributed by atoms with van der Waals surface area (Å²) in [4.78, 5) is 4.09. The Bertz CT molecular complexity index is 643. The SMILES string of the molecule is C.Cc1noc(COc2ccccc2OCC(O)CNC(C)(C)C)n1.Cl. The minimum atomic E-state index is -0.615. The zero-order valence-corrected chi connectivity index (χ0v) is 15.8. The van der Waals surface area contributed by atoms with Gasteiger partial charge in [-0.15, -0.1) is 12.4 Å². The van der Waals surface area contributed by atoms with E-state index in [0.717, 1.165) is 0 Å². The van der Waals surface area contributed by atoms with Gasteiger partial charge in [0.25, 0.3) is 5.89 Å². The first-order valence-corrected chi connectivity index (χ1v) is 7.90. The Morgan fingerprint density at radius 2 is 1.81 bits per heavy atom. The molecular formula is C18H30ClN3O4. The molecule has 2 N–H and O–H groups in total. The number of aliphatic hydroxyl groups excluding tert-OH is 1. The third-order valence-electron chi connectivity index (χ3n) is 3.07. The number of nitrogens with zero attached hydrogens (tertiary/aromatic N) is 2. The number of halogens is 1. The van der Waals surface area contributed by atoms with Gasteiger partial charge in [-0.05, 0) is 39.8 Å². The topological polar surface area (TPSA) is 89.6 Å². The van der Waals surface area contributed by atoms with E-state index in [1.165, 1.54) is 0 Å². The van der Waals surface area contributed by atoms with Gasteiger partial charge < -0.3 is 24.4 Å². The fourth-order valence-electron chi connectivity index (χ4n) is 1.90. The van der Waals surface area contributed by atoms with Gasteiger partial charge in [-0.3, -0.25) is 0 Å². The molecule has 0 saturated carbocycles. The van der Waals surface area contributed by atoms with Crippen LogP contribution in [0.2, 0.25) is 0 Å². The van der Waals surface area contributed by atoms with Gasteiger partial charge in [-0.1, -0.05) is 24.7 Å². The third-order valence-corrected chi connectivity index (χ3v) is 3.07. The van der Waals surface area contributed by atoms with E-state index in [1.54, 1.807) is 19.1 Å². The lowest BCUT2D eigenvalue weighted by Gasteiger charge is -2.23. The molecule has 2 rings (SSSR count). The van der Waals surface area contributed by atoms with E-state index in [1.807, 2.05) is 32.9 Å². The highest BCUT2D eigenvalue weighted by Gasteiger charge is 2.14. The average molecular weight is 388 g/mol. The molecule has 1 atom stereocenters. The number of nitrogens with one attached hydrogen (secondary N) is 1. The van der Waals surface area contributed by atoms with Crippen LogP contribution in [0, 0.1) is 6.92 Å². The number of β-amino-alcohol motifs (C(OH)–C–C–N with tert-alkyl or cyclic N) is 1. The van der Waals surface area contributed by atoms with Gasteiger partial charge in [0.15, 0.2) is 23.9 Å². The van der Waals surface area contributed by atoms with E-state index in [9.17, 15) is 5.11 Å². The number of hydrogen-bond acceptors (Lipinski definition) is 7. The second-order valence-corrected chi connectivity index (χ2v) is 6.57. The van der Waals surface area contributed by atoms with Crippen molar-refractivity contribution >= 4 is 12.4 Å². The summed E-state index contributed by atoms with van der Waals surface area (Å²) in [6, 6.07) is 7.27. The summed E-state index contributed by atoms with van der Waals surface area (Å²) in [5.74, 6) is 2.08. The van der Waals surface area contributed by atoms with Crippen molar-refractivity contribution in [2.45, 2.75) is 53.4 Å². The van der Waals surface area contributed by atoms with Crippen LogP contribution in [0.25, 0.3) is 0 Å². The molecule has 0 fully saturated rings. The van der Waals surface area contributed by atoms with Gasteiger partial charge in [0.2, 0.25) is 0 Å². The third kappa shape index (κ3) is 8.51. The van der Waals surface area contributed by atoms with Crippen molar-refractivity contribution in [1.82, 2.24) is 15.5 Å². The highest BCUT2D eigenvalue weighted by atomic mass is 35.5. The van der Waals surface area contributed by atoms with Crippen molar-refractivity contribution in [1.29, 1.82) is 0 Å². The summed E-state index contributed by atoms with van der Waals surface area (Å²) in [6.07, 6.45) is -0.615. The van der Waals surface area contributed by atoms with E-state index >= 15 is 0 Å². The first kappa shape index (κ1) is 24.2. The molecule has 1 aromatic heterocycles. The number of aliphatic hydroxyl groups is 1. The number of aryl methyl sites for hydroxylation is 1. The molecule has 0 aliphatic heterocycles. The van der Waals surface area contributed by atoms with Crippen LogP contribution in [0.4, 0.5) is 0 Å². The van der Waals surface area contributed by atoms with E-state index in [2.05, 4.69) is 15.5 Å². The summed E-state index contributed by atoms with van der Waals surface area (Å²) in [5, 5.41) is 17.0. The lowest BCUT2D eigenvalue weighted by molar-refractivity contribution is 0.0973. The largest absolute Gasteiger partial charge is 0.487 e. The number of benzene rings is 1. The molecule has 0 radical (unpaired) electrons. The lowest BCUT2D eigenvalue weighted by atomic mass is 10.1. The maximum Gasteiger partial charge on any atom is 0.264 e. The Labute approximate surface area is 161 Å².